The monoisotopic (exact) mass is 394 g/mol. The van der Waals surface area contributed by atoms with Gasteiger partial charge in [-0.1, -0.05) is 23.7 Å². The first-order valence-electron chi connectivity index (χ1n) is 5.60. The van der Waals surface area contributed by atoms with Crippen LogP contribution in [-0.2, 0) is 22.3 Å². The molecule has 0 spiro atoms. The molecule has 1 aromatic heterocycles. The summed E-state index contributed by atoms with van der Waals surface area (Å²) >= 11 is 10.8. The molecule has 108 valence electrons. The molecule has 0 radical (unpaired) electrons. The van der Waals surface area contributed by atoms with Crippen LogP contribution in [0.3, 0.4) is 0 Å². The molecule has 3 N–H and O–H groups in total. The summed E-state index contributed by atoms with van der Waals surface area (Å²) < 4.78 is 23.6. The van der Waals surface area contributed by atoms with Gasteiger partial charge in [-0.2, -0.15) is 0 Å². The third kappa shape index (κ3) is 4.75. The first kappa shape index (κ1) is 15.8. The Hall–Kier alpha value is -0.600. The highest BCUT2D eigenvalue weighted by Crippen LogP contribution is 2.32. The molecule has 20 heavy (non-hydrogen) atoms. The van der Waals surface area contributed by atoms with E-state index in [1.807, 2.05) is 18.2 Å². The summed E-state index contributed by atoms with van der Waals surface area (Å²) in [6.45, 7) is 0.657. The first-order valence-corrected chi connectivity index (χ1v) is 9.31. The molecule has 0 saturated heterocycles. The van der Waals surface area contributed by atoms with Gasteiger partial charge in [0.2, 0.25) is 10.0 Å². The van der Waals surface area contributed by atoms with E-state index in [-0.39, 0.29) is 5.75 Å². The van der Waals surface area contributed by atoms with E-state index in [0.717, 1.165) is 19.4 Å². The second kappa shape index (κ2) is 6.44. The Morgan fingerprint density at radius 1 is 1.30 bits per heavy atom. The summed E-state index contributed by atoms with van der Waals surface area (Å²) in [5, 5.41) is 8.24. The molecular weight excluding hydrogens is 384 g/mol. The summed E-state index contributed by atoms with van der Waals surface area (Å²) in [6.07, 6.45) is 0. The largest absolute Gasteiger partial charge is 0.380 e. The van der Waals surface area contributed by atoms with Gasteiger partial charge in [-0.25, -0.2) is 13.6 Å². The minimum Gasteiger partial charge on any atom is -0.380 e. The molecule has 1 aromatic carbocycles. The maximum Gasteiger partial charge on any atom is 0.213 e. The Bertz CT molecular complexity index is 679. The van der Waals surface area contributed by atoms with E-state index in [9.17, 15) is 8.42 Å². The summed E-state index contributed by atoms with van der Waals surface area (Å²) in [5.74, 6) is -0.152. The number of thiophene rings is 1. The predicted octanol–water partition coefficient (Wildman–Crippen LogP) is 3.56. The number of sulfonamides is 1. The van der Waals surface area contributed by atoms with Crippen LogP contribution in [-0.4, -0.2) is 8.42 Å². The summed E-state index contributed by atoms with van der Waals surface area (Å²) in [5.41, 5.74) is 1.57. The van der Waals surface area contributed by atoms with Crippen molar-refractivity contribution in [3.8, 4) is 0 Å². The van der Waals surface area contributed by atoms with Gasteiger partial charge < -0.3 is 5.32 Å². The third-order valence-electron chi connectivity index (χ3n) is 2.48. The minimum absolute atomic E-state index is 0.152. The van der Waals surface area contributed by atoms with Crippen molar-refractivity contribution in [1.82, 2.24) is 0 Å². The number of nitrogens with one attached hydrogen (secondary N) is 1. The average molecular weight is 396 g/mol. The van der Waals surface area contributed by atoms with Crippen molar-refractivity contribution in [2.45, 2.75) is 12.3 Å². The molecule has 0 aliphatic heterocycles. The van der Waals surface area contributed by atoms with Crippen LogP contribution >= 0.6 is 38.9 Å². The van der Waals surface area contributed by atoms with Gasteiger partial charge in [0, 0.05) is 21.6 Å². The fourth-order valence-corrected chi connectivity index (χ4v) is 4.01. The predicted molar refractivity (Wildman–Crippen MR) is 87.6 cm³/mol. The number of primary sulfonamides is 1. The Morgan fingerprint density at radius 3 is 2.45 bits per heavy atom. The van der Waals surface area contributed by atoms with Crippen LogP contribution < -0.4 is 10.5 Å². The molecular formula is C12H12BrClN2O2S2. The Balaban J connectivity index is 1.97. The van der Waals surface area contributed by atoms with Crippen LogP contribution in [0.1, 0.15) is 10.4 Å². The van der Waals surface area contributed by atoms with E-state index in [4.69, 9.17) is 16.7 Å². The van der Waals surface area contributed by atoms with Gasteiger partial charge in [0.1, 0.15) is 4.34 Å². The number of nitrogens with two attached hydrogens (primary N) is 1. The first-order chi connectivity index (χ1) is 9.33. The molecule has 0 aliphatic rings. The van der Waals surface area contributed by atoms with E-state index in [2.05, 4.69) is 21.2 Å². The fourth-order valence-electron chi connectivity index (χ4n) is 1.62. The standard InChI is InChI=1S/C12H12BrClN2O2S2/c13-11-5-10(19-12(11)14)6-16-9-3-1-8(2-4-9)7-20(15,17)18/h1-5,16H,6-7H2,(H2,15,17,18). The molecule has 0 amide bonds. The molecule has 0 atom stereocenters. The van der Waals surface area contributed by atoms with Crippen LogP contribution in [0.25, 0.3) is 0 Å². The van der Waals surface area contributed by atoms with Crippen molar-refractivity contribution in [2.75, 3.05) is 5.32 Å². The van der Waals surface area contributed by atoms with Crippen molar-refractivity contribution in [3.63, 3.8) is 0 Å². The molecule has 0 saturated carbocycles. The fraction of sp³-hybridized carbons (Fsp3) is 0.167. The van der Waals surface area contributed by atoms with Gasteiger partial charge in [-0.15, -0.1) is 11.3 Å². The quantitative estimate of drug-likeness (QED) is 0.813. The SMILES string of the molecule is NS(=O)(=O)Cc1ccc(NCc2cc(Br)c(Cl)s2)cc1. The zero-order valence-electron chi connectivity index (χ0n) is 10.3. The van der Waals surface area contributed by atoms with Crippen molar-refractivity contribution in [2.24, 2.45) is 5.14 Å². The zero-order valence-corrected chi connectivity index (χ0v) is 14.2. The van der Waals surface area contributed by atoms with Crippen molar-refractivity contribution >= 4 is 54.6 Å². The lowest BCUT2D eigenvalue weighted by Crippen LogP contribution is -2.14. The third-order valence-corrected chi connectivity index (χ3v) is 5.70. The van der Waals surface area contributed by atoms with E-state index in [1.54, 1.807) is 12.1 Å². The van der Waals surface area contributed by atoms with E-state index in [0.29, 0.717) is 12.1 Å². The maximum absolute atomic E-state index is 11.0. The molecule has 0 fully saturated rings. The molecule has 8 heteroatoms. The Morgan fingerprint density at radius 2 is 1.95 bits per heavy atom. The second-order valence-electron chi connectivity index (χ2n) is 4.19. The maximum atomic E-state index is 11.0. The average Bonchev–Trinajstić information content (AvgIpc) is 2.66. The van der Waals surface area contributed by atoms with Crippen molar-refractivity contribution in [1.29, 1.82) is 0 Å². The lowest BCUT2D eigenvalue weighted by molar-refractivity contribution is 0.597. The van der Waals surface area contributed by atoms with Gasteiger partial charge in [0.15, 0.2) is 0 Å². The van der Waals surface area contributed by atoms with Crippen molar-refractivity contribution < 1.29 is 8.42 Å². The number of hydrogen-bond donors (Lipinski definition) is 2. The number of hydrogen-bond acceptors (Lipinski definition) is 4. The molecule has 0 aliphatic carbocycles. The molecule has 4 nitrogen and oxygen atoms in total. The van der Waals surface area contributed by atoms with Crippen LogP contribution in [0.5, 0.6) is 0 Å². The van der Waals surface area contributed by atoms with Gasteiger partial charge in [0.25, 0.3) is 0 Å². The van der Waals surface area contributed by atoms with E-state index >= 15 is 0 Å². The van der Waals surface area contributed by atoms with Gasteiger partial charge >= 0.3 is 0 Å². The topological polar surface area (TPSA) is 72.2 Å². The molecule has 2 aromatic rings. The minimum atomic E-state index is -3.49. The second-order valence-corrected chi connectivity index (χ2v) is 8.40. The van der Waals surface area contributed by atoms with Crippen LogP contribution in [0.15, 0.2) is 34.8 Å². The van der Waals surface area contributed by atoms with E-state index < -0.39 is 10.0 Å². The van der Waals surface area contributed by atoms with Gasteiger partial charge in [0.05, 0.1) is 5.75 Å². The summed E-state index contributed by atoms with van der Waals surface area (Å²) in [7, 11) is -3.49. The van der Waals surface area contributed by atoms with Crippen molar-refractivity contribution in [3.05, 3.63) is 49.6 Å². The summed E-state index contributed by atoms with van der Waals surface area (Å²) in [6, 6.07) is 9.10. The summed E-state index contributed by atoms with van der Waals surface area (Å²) in [4.78, 5) is 1.11. The number of benzene rings is 1. The zero-order chi connectivity index (χ0) is 14.8. The van der Waals surface area contributed by atoms with Gasteiger partial charge in [-0.3, -0.25) is 0 Å². The number of halogens is 2. The van der Waals surface area contributed by atoms with Gasteiger partial charge in [-0.05, 0) is 39.7 Å². The van der Waals surface area contributed by atoms with Crippen LogP contribution in [0.4, 0.5) is 5.69 Å². The highest BCUT2D eigenvalue weighted by Gasteiger charge is 2.06. The van der Waals surface area contributed by atoms with Crippen LogP contribution in [0.2, 0.25) is 4.34 Å². The lowest BCUT2D eigenvalue weighted by atomic mass is 10.2. The lowest BCUT2D eigenvalue weighted by Gasteiger charge is -2.06. The molecule has 0 bridgehead atoms. The highest BCUT2D eigenvalue weighted by molar-refractivity contribution is 9.10. The molecule has 2 rings (SSSR count). The Labute approximate surface area is 135 Å². The normalized spacial score (nSPS) is 11.6. The molecule has 1 heterocycles. The number of anilines is 1. The Kier molecular flexibility index (Phi) is 5.09. The smallest absolute Gasteiger partial charge is 0.213 e. The highest BCUT2D eigenvalue weighted by atomic mass is 79.9. The van der Waals surface area contributed by atoms with E-state index in [1.165, 1.54) is 11.3 Å². The van der Waals surface area contributed by atoms with Crippen LogP contribution in [0, 0.1) is 0 Å². The molecule has 0 unspecified atom stereocenters. The number of rotatable bonds is 5.